The number of fused-ring (bicyclic) bond motifs is 1. The molecule has 0 fully saturated rings. The fraction of sp³-hybridized carbons (Fsp3) is 0.167. The van der Waals surface area contributed by atoms with Gasteiger partial charge in [0.2, 0.25) is 0 Å². The minimum Gasteiger partial charge on any atom is -0.489 e. The molecule has 0 bridgehead atoms. The molecule has 0 spiro atoms. The summed E-state index contributed by atoms with van der Waals surface area (Å²) in [5, 5.41) is 1.06. The van der Waals surface area contributed by atoms with Gasteiger partial charge in [-0.25, -0.2) is 8.42 Å². The summed E-state index contributed by atoms with van der Waals surface area (Å²) >= 11 is 0. The summed E-state index contributed by atoms with van der Waals surface area (Å²) < 4.78 is 28.3. The van der Waals surface area contributed by atoms with Crippen molar-refractivity contribution < 1.29 is 13.2 Å². The van der Waals surface area contributed by atoms with Crippen LogP contribution in [-0.2, 0) is 15.7 Å². The monoisotopic (exact) mass is 361 g/mol. The highest BCUT2D eigenvalue weighted by Crippen LogP contribution is 2.24. The Labute approximate surface area is 145 Å². The van der Waals surface area contributed by atoms with Crippen molar-refractivity contribution in [2.24, 2.45) is 0 Å². The van der Waals surface area contributed by atoms with Crippen LogP contribution in [0.1, 0.15) is 16.8 Å². The van der Waals surface area contributed by atoms with Crippen molar-refractivity contribution in [3.8, 4) is 5.75 Å². The standard InChI is InChI=1S/C18H16ClNO3S/c1-12-4-3-5-17-14(10-13(2)20-18(12)17)11-23-15-6-8-16(9-7-15)24(19,21)22/h3-10H,11H2,1-2H3. The van der Waals surface area contributed by atoms with Crippen LogP contribution in [0.2, 0.25) is 0 Å². The molecule has 0 saturated carbocycles. The van der Waals surface area contributed by atoms with E-state index < -0.39 is 9.05 Å². The number of aromatic nitrogens is 1. The van der Waals surface area contributed by atoms with Gasteiger partial charge in [0.05, 0.1) is 10.4 Å². The Balaban J connectivity index is 1.87. The zero-order chi connectivity index (χ0) is 17.3. The topological polar surface area (TPSA) is 56.3 Å². The molecule has 2 aromatic carbocycles. The fourth-order valence-electron chi connectivity index (χ4n) is 2.58. The first-order valence-corrected chi connectivity index (χ1v) is 9.69. The third kappa shape index (κ3) is 3.52. The van der Waals surface area contributed by atoms with E-state index in [2.05, 4.69) is 4.98 Å². The van der Waals surface area contributed by atoms with Gasteiger partial charge in [-0.1, -0.05) is 18.2 Å². The number of halogens is 1. The lowest BCUT2D eigenvalue weighted by molar-refractivity contribution is 0.307. The Kier molecular flexibility index (Phi) is 4.47. The second kappa shape index (κ2) is 6.42. The van der Waals surface area contributed by atoms with Gasteiger partial charge < -0.3 is 4.74 Å². The number of hydrogen-bond acceptors (Lipinski definition) is 4. The summed E-state index contributed by atoms with van der Waals surface area (Å²) in [6.45, 7) is 4.36. The summed E-state index contributed by atoms with van der Waals surface area (Å²) in [7, 11) is 1.59. The maximum atomic E-state index is 11.3. The Bertz CT molecular complexity index is 999. The lowest BCUT2D eigenvalue weighted by atomic mass is 10.1. The molecule has 4 nitrogen and oxygen atoms in total. The second-order valence-corrected chi connectivity index (χ2v) is 8.16. The van der Waals surface area contributed by atoms with Crippen LogP contribution in [0.3, 0.4) is 0 Å². The number of pyridine rings is 1. The van der Waals surface area contributed by atoms with E-state index in [-0.39, 0.29) is 4.90 Å². The number of hydrogen-bond donors (Lipinski definition) is 0. The molecule has 124 valence electrons. The van der Waals surface area contributed by atoms with E-state index in [0.29, 0.717) is 12.4 Å². The molecule has 0 aliphatic rings. The number of ether oxygens (including phenoxy) is 1. The lowest BCUT2D eigenvalue weighted by Crippen LogP contribution is -2.00. The molecule has 6 heteroatoms. The molecule has 0 saturated heterocycles. The van der Waals surface area contributed by atoms with Crippen LogP contribution in [0.15, 0.2) is 53.4 Å². The van der Waals surface area contributed by atoms with Crippen molar-refractivity contribution in [2.75, 3.05) is 0 Å². The Hall–Kier alpha value is -2.11. The molecule has 3 rings (SSSR count). The van der Waals surface area contributed by atoms with Crippen molar-refractivity contribution >= 4 is 30.6 Å². The Morgan fingerprint density at radius 2 is 1.79 bits per heavy atom. The molecular weight excluding hydrogens is 346 g/mol. The first-order valence-electron chi connectivity index (χ1n) is 7.38. The van der Waals surface area contributed by atoms with Crippen LogP contribution in [0, 0.1) is 13.8 Å². The zero-order valence-corrected chi connectivity index (χ0v) is 14.9. The number of nitrogens with zero attached hydrogens (tertiary/aromatic N) is 1. The van der Waals surface area contributed by atoms with E-state index in [1.807, 2.05) is 38.1 Å². The number of rotatable bonds is 4. The minimum absolute atomic E-state index is 0.0531. The Morgan fingerprint density at radius 3 is 2.46 bits per heavy atom. The van der Waals surface area contributed by atoms with Crippen molar-refractivity contribution in [2.45, 2.75) is 25.3 Å². The maximum Gasteiger partial charge on any atom is 0.261 e. The minimum atomic E-state index is -3.72. The normalized spacial score (nSPS) is 11.6. The molecule has 0 unspecified atom stereocenters. The van der Waals surface area contributed by atoms with Crippen LogP contribution in [0.4, 0.5) is 0 Å². The van der Waals surface area contributed by atoms with Crippen molar-refractivity contribution in [3.63, 3.8) is 0 Å². The molecule has 24 heavy (non-hydrogen) atoms. The van der Waals surface area contributed by atoms with E-state index >= 15 is 0 Å². The summed E-state index contributed by atoms with van der Waals surface area (Å²) in [5.41, 5.74) is 4.06. The van der Waals surface area contributed by atoms with E-state index in [9.17, 15) is 8.42 Å². The highest BCUT2D eigenvalue weighted by atomic mass is 35.7. The molecule has 1 heterocycles. The summed E-state index contributed by atoms with van der Waals surface area (Å²) in [6.07, 6.45) is 0. The lowest BCUT2D eigenvalue weighted by Gasteiger charge is -2.11. The molecular formula is C18H16ClNO3S. The molecule has 0 aliphatic carbocycles. The highest BCUT2D eigenvalue weighted by molar-refractivity contribution is 8.13. The summed E-state index contributed by atoms with van der Waals surface area (Å²) in [5.74, 6) is 0.578. The van der Waals surface area contributed by atoms with E-state index in [1.54, 1.807) is 12.1 Å². The van der Waals surface area contributed by atoms with Gasteiger partial charge in [-0.3, -0.25) is 4.98 Å². The highest BCUT2D eigenvalue weighted by Gasteiger charge is 2.10. The van der Waals surface area contributed by atoms with E-state index in [4.69, 9.17) is 15.4 Å². The fourth-order valence-corrected chi connectivity index (χ4v) is 3.35. The van der Waals surface area contributed by atoms with Crippen molar-refractivity contribution in [3.05, 3.63) is 65.4 Å². The van der Waals surface area contributed by atoms with Crippen LogP contribution in [-0.4, -0.2) is 13.4 Å². The van der Waals surface area contributed by atoms with Gasteiger partial charge in [-0.2, -0.15) is 0 Å². The van der Waals surface area contributed by atoms with Gasteiger partial charge in [0.15, 0.2) is 0 Å². The number of para-hydroxylation sites is 1. The van der Waals surface area contributed by atoms with E-state index in [0.717, 1.165) is 27.7 Å². The van der Waals surface area contributed by atoms with Crippen LogP contribution in [0.25, 0.3) is 10.9 Å². The first kappa shape index (κ1) is 16.7. The molecule has 0 radical (unpaired) electrons. The SMILES string of the molecule is Cc1cc(COc2ccc(S(=O)(=O)Cl)cc2)c2cccc(C)c2n1. The van der Waals surface area contributed by atoms with Gasteiger partial charge >= 0.3 is 0 Å². The van der Waals surface area contributed by atoms with Gasteiger partial charge in [0.1, 0.15) is 12.4 Å². The smallest absolute Gasteiger partial charge is 0.261 e. The number of aryl methyl sites for hydroxylation is 2. The zero-order valence-electron chi connectivity index (χ0n) is 13.3. The largest absolute Gasteiger partial charge is 0.489 e. The third-order valence-corrected chi connectivity index (χ3v) is 5.12. The predicted molar refractivity (Wildman–Crippen MR) is 95.0 cm³/mol. The summed E-state index contributed by atoms with van der Waals surface area (Å²) in [6, 6.07) is 14.1. The molecule has 1 aromatic heterocycles. The van der Waals surface area contributed by atoms with Crippen LogP contribution in [0.5, 0.6) is 5.75 Å². The maximum absolute atomic E-state index is 11.3. The van der Waals surface area contributed by atoms with Crippen LogP contribution < -0.4 is 4.74 Å². The third-order valence-electron chi connectivity index (χ3n) is 3.75. The molecule has 0 amide bonds. The van der Waals surface area contributed by atoms with E-state index in [1.165, 1.54) is 12.1 Å². The molecule has 0 aliphatic heterocycles. The van der Waals surface area contributed by atoms with Gasteiger partial charge in [-0.05, 0) is 49.7 Å². The average molecular weight is 362 g/mol. The number of benzene rings is 2. The second-order valence-electron chi connectivity index (χ2n) is 5.59. The van der Waals surface area contributed by atoms with Crippen molar-refractivity contribution in [1.29, 1.82) is 0 Å². The molecule has 3 aromatic rings. The van der Waals surface area contributed by atoms with Crippen LogP contribution >= 0.6 is 10.7 Å². The molecule has 0 atom stereocenters. The average Bonchev–Trinajstić information content (AvgIpc) is 2.53. The first-order chi connectivity index (χ1) is 11.3. The quantitative estimate of drug-likeness (QED) is 0.648. The molecule has 0 N–H and O–H groups in total. The van der Waals surface area contributed by atoms with Gasteiger partial charge in [-0.15, -0.1) is 0 Å². The van der Waals surface area contributed by atoms with Crippen molar-refractivity contribution in [1.82, 2.24) is 4.98 Å². The van der Waals surface area contributed by atoms with Gasteiger partial charge in [0, 0.05) is 27.3 Å². The van der Waals surface area contributed by atoms with Gasteiger partial charge in [0.25, 0.3) is 9.05 Å². The predicted octanol–water partition coefficient (Wildman–Crippen LogP) is 4.36. The Morgan fingerprint density at radius 1 is 1.08 bits per heavy atom. The summed E-state index contributed by atoms with van der Waals surface area (Å²) in [4.78, 5) is 4.65.